The van der Waals surface area contributed by atoms with Gasteiger partial charge >= 0.3 is 0 Å². The first kappa shape index (κ1) is 13.9. The summed E-state index contributed by atoms with van der Waals surface area (Å²) >= 11 is 6.36. The van der Waals surface area contributed by atoms with Crippen LogP contribution in [0.4, 0.5) is 0 Å². The molecule has 1 aromatic rings. The molecule has 2 atom stereocenters. The number of alkyl halides is 1. The van der Waals surface area contributed by atoms with Crippen molar-refractivity contribution in [2.45, 2.75) is 31.6 Å². The van der Waals surface area contributed by atoms with Crippen LogP contribution in [0, 0.1) is 17.2 Å². The number of nitriles is 1. The Balaban J connectivity index is 2.39. The van der Waals surface area contributed by atoms with E-state index in [0.29, 0.717) is 12.8 Å². The molecule has 0 saturated heterocycles. The van der Waals surface area contributed by atoms with Crippen LogP contribution >= 0.6 is 11.6 Å². The Morgan fingerprint density at radius 3 is 2.58 bits per heavy atom. The SMILES string of the molecule is CC(C)=C(c1ccccc1)C1C=CCC(Cl)(C#N)C1. The molecule has 0 spiro atoms. The molecule has 0 heterocycles. The Hall–Kier alpha value is -1.52. The Kier molecular flexibility index (Phi) is 4.12. The number of nitrogens with zero attached hydrogens (tertiary/aromatic N) is 1. The second-order valence-electron chi connectivity index (χ2n) is 5.30. The molecule has 2 unspecified atom stereocenters. The van der Waals surface area contributed by atoms with E-state index in [1.165, 1.54) is 16.7 Å². The van der Waals surface area contributed by atoms with E-state index in [4.69, 9.17) is 11.6 Å². The maximum absolute atomic E-state index is 9.23. The highest BCUT2D eigenvalue weighted by Crippen LogP contribution is 2.40. The van der Waals surface area contributed by atoms with Gasteiger partial charge in [-0.2, -0.15) is 5.26 Å². The second-order valence-corrected chi connectivity index (χ2v) is 6.02. The largest absolute Gasteiger partial charge is 0.196 e. The Labute approximate surface area is 120 Å². The fourth-order valence-electron chi connectivity index (χ4n) is 2.70. The zero-order valence-electron chi connectivity index (χ0n) is 11.4. The maximum atomic E-state index is 9.23. The van der Waals surface area contributed by atoms with E-state index in [1.807, 2.05) is 24.3 Å². The standard InChI is InChI=1S/C17H18ClN/c1-13(2)16(14-7-4-3-5-8-14)15-9-6-10-17(18,11-15)12-19/h3-9,15H,10-11H2,1-2H3. The molecule has 0 amide bonds. The molecular weight excluding hydrogens is 254 g/mol. The van der Waals surface area contributed by atoms with E-state index in [9.17, 15) is 5.26 Å². The predicted molar refractivity (Wildman–Crippen MR) is 80.8 cm³/mol. The number of rotatable bonds is 2. The maximum Gasteiger partial charge on any atom is 0.135 e. The van der Waals surface area contributed by atoms with E-state index >= 15 is 0 Å². The molecule has 1 nitrogen and oxygen atoms in total. The Morgan fingerprint density at radius 2 is 2.00 bits per heavy atom. The third-order valence-corrected chi connectivity index (χ3v) is 3.94. The summed E-state index contributed by atoms with van der Waals surface area (Å²) in [6.45, 7) is 4.24. The smallest absolute Gasteiger partial charge is 0.135 e. The molecule has 98 valence electrons. The van der Waals surface area contributed by atoms with Crippen LogP contribution in [-0.4, -0.2) is 4.87 Å². The summed E-state index contributed by atoms with van der Waals surface area (Å²) in [6.07, 6.45) is 5.53. The lowest BCUT2D eigenvalue weighted by molar-refractivity contribution is 0.568. The zero-order valence-corrected chi connectivity index (χ0v) is 12.1. The summed E-state index contributed by atoms with van der Waals surface area (Å²) < 4.78 is 0. The molecule has 1 aliphatic carbocycles. The van der Waals surface area contributed by atoms with Crippen LogP contribution in [0.1, 0.15) is 32.3 Å². The van der Waals surface area contributed by atoms with Crippen molar-refractivity contribution >= 4 is 17.2 Å². The molecule has 0 aromatic heterocycles. The minimum Gasteiger partial charge on any atom is -0.196 e. The van der Waals surface area contributed by atoms with Gasteiger partial charge in [-0.15, -0.1) is 11.6 Å². The number of allylic oxidation sites excluding steroid dienone is 4. The summed E-state index contributed by atoms with van der Waals surface area (Å²) in [4.78, 5) is -0.755. The van der Waals surface area contributed by atoms with E-state index < -0.39 is 4.87 Å². The van der Waals surface area contributed by atoms with Gasteiger partial charge in [0.25, 0.3) is 0 Å². The van der Waals surface area contributed by atoms with Gasteiger partial charge in [0.1, 0.15) is 4.87 Å². The van der Waals surface area contributed by atoms with Crippen molar-refractivity contribution in [3.05, 3.63) is 53.6 Å². The first-order chi connectivity index (χ1) is 9.06. The van der Waals surface area contributed by atoms with Gasteiger partial charge in [-0.05, 0) is 37.8 Å². The van der Waals surface area contributed by atoms with E-state index in [1.54, 1.807) is 0 Å². The zero-order chi connectivity index (χ0) is 13.9. The summed E-state index contributed by atoms with van der Waals surface area (Å²) in [5.41, 5.74) is 3.78. The molecule has 0 aliphatic heterocycles. The molecule has 1 aliphatic rings. The molecule has 0 saturated carbocycles. The monoisotopic (exact) mass is 271 g/mol. The lowest BCUT2D eigenvalue weighted by atomic mass is 9.78. The quantitative estimate of drug-likeness (QED) is 0.552. The molecule has 0 radical (unpaired) electrons. The number of benzene rings is 1. The van der Waals surface area contributed by atoms with Crippen molar-refractivity contribution in [2.75, 3.05) is 0 Å². The highest BCUT2D eigenvalue weighted by molar-refractivity contribution is 6.26. The summed E-state index contributed by atoms with van der Waals surface area (Å²) in [5.74, 6) is 0.221. The van der Waals surface area contributed by atoms with Crippen molar-refractivity contribution in [1.29, 1.82) is 5.26 Å². The summed E-state index contributed by atoms with van der Waals surface area (Å²) in [6, 6.07) is 12.6. The van der Waals surface area contributed by atoms with Gasteiger partial charge in [0.2, 0.25) is 0 Å². The first-order valence-electron chi connectivity index (χ1n) is 6.55. The number of halogens is 1. The van der Waals surface area contributed by atoms with Gasteiger partial charge in [0.05, 0.1) is 6.07 Å². The lowest BCUT2D eigenvalue weighted by Gasteiger charge is -2.29. The second kappa shape index (κ2) is 5.63. The molecule has 0 N–H and O–H groups in total. The molecule has 2 rings (SSSR count). The Morgan fingerprint density at radius 1 is 1.32 bits per heavy atom. The van der Waals surface area contributed by atoms with Crippen molar-refractivity contribution in [3.8, 4) is 6.07 Å². The molecule has 0 bridgehead atoms. The van der Waals surface area contributed by atoms with Crippen molar-refractivity contribution in [3.63, 3.8) is 0 Å². The molecule has 2 heteroatoms. The summed E-state index contributed by atoms with van der Waals surface area (Å²) in [7, 11) is 0. The summed E-state index contributed by atoms with van der Waals surface area (Å²) in [5, 5.41) is 9.23. The molecule has 0 fully saturated rings. The van der Waals surface area contributed by atoms with Crippen molar-refractivity contribution < 1.29 is 0 Å². The average Bonchev–Trinajstić information content (AvgIpc) is 2.40. The molecular formula is C17H18ClN. The van der Waals surface area contributed by atoms with Crippen LogP contribution in [0.2, 0.25) is 0 Å². The van der Waals surface area contributed by atoms with Crippen LogP contribution in [0.15, 0.2) is 48.1 Å². The van der Waals surface area contributed by atoms with Gasteiger partial charge in [-0.1, -0.05) is 48.1 Å². The predicted octanol–water partition coefficient (Wildman–Crippen LogP) is 4.95. The third-order valence-electron chi connectivity index (χ3n) is 3.55. The topological polar surface area (TPSA) is 23.8 Å². The molecule has 1 aromatic carbocycles. The fourth-order valence-corrected chi connectivity index (χ4v) is 2.96. The highest BCUT2D eigenvalue weighted by Gasteiger charge is 2.33. The fraction of sp³-hybridized carbons (Fsp3) is 0.353. The van der Waals surface area contributed by atoms with Crippen LogP contribution < -0.4 is 0 Å². The third kappa shape index (κ3) is 3.08. The van der Waals surface area contributed by atoms with Gasteiger partial charge in [-0.25, -0.2) is 0 Å². The van der Waals surface area contributed by atoms with E-state index in [0.717, 1.165) is 0 Å². The van der Waals surface area contributed by atoms with Crippen molar-refractivity contribution in [1.82, 2.24) is 0 Å². The van der Waals surface area contributed by atoms with Gasteiger partial charge < -0.3 is 0 Å². The Bertz CT molecular complexity index is 546. The van der Waals surface area contributed by atoms with Crippen LogP contribution in [0.3, 0.4) is 0 Å². The highest BCUT2D eigenvalue weighted by atomic mass is 35.5. The van der Waals surface area contributed by atoms with E-state index in [-0.39, 0.29) is 5.92 Å². The van der Waals surface area contributed by atoms with Crippen molar-refractivity contribution in [2.24, 2.45) is 5.92 Å². The minimum atomic E-state index is -0.755. The average molecular weight is 272 g/mol. The normalized spacial score (nSPS) is 25.7. The van der Waals surface area contributed by atoms with Crippen LogP contribution in [-0.2, 0) is 0 Å². The lowest BCUT2D eigenvalue weighted by Crippen LogP contribution is -2.25. The van der Waals surface area contributed by atoms with E-state index in [2.05, 4.69) is 38.1 Å². The first-order valence-corrected chi connectivity index (χ1v) is 6.93. The number of hydrogen-bond donors (Lipinski definition) is 0. The van der Waals surface area contributed by atoms with Gasteiger partial charge in [-0.3, -0.25) is 0 Å². The van der Waals surface area contributed by atoms with Gasteiger partial charge in [0, 0.05) is 5.92 Å². The van der Waals surface area contributed by atoms with Gasteiger partial charge in [0.15, 0.2) is 0 Å². The molecule has 19 heavy (non-hydrogen) atoms. The number of hydrogen-bond acceptors (Lipinski definition) is 1. The van der Waals surface area contributed by atoms with Crippen LogP contribution in [0.25, 0.3) is 5.57 Å². The van der Waals surface area contributed by atoms with Crippen LogP contribution in [0.5, 0.6) is 0 Å². The minimum absolute atomic E-state index is 0.221.